The topological polar surface area (TPSA) is 46.5 Å². The van der Waals surface area contributed by atoms with Crippen molar-refractivity contribution in [2.24, 2.45) is 5.92 Å². The Labute approximate surface area is 165 Å². The molecular weight excluding hydrogens is 360 g/mol. The minimum absolute atomic E-state index is 0.571. The van der Waals surface area contributed by atoms with E-state index in [9.17, 15) is 9.90 Å². The summed E-state index contributed by atoms with van der Waals surface area (Å²) in [5.74, 6) is 0.474. The summed E-state index contributed by atoms with van der Waals surface area (Å²) in [4.78, 5) is 12.2. The first-order chi connectivity index (χ1) is 13.0. The van der Waals surface area contributed by atoms with Gasteiger partial charge in [-0.1, -0.05) is 54.3 Å². The lowest BCUT2D eigenvalue weighted by Gasteiger charge is -2.26. The fourth-order valence-electron chi connectivity index (χ4n) is 4.02. The van der Waals surface area contributed by atoms with Crippen molar-refractivity contribution in [3.63, 3.8) is 0 Å². The molecule has 0 amide bonds. The van der Waals surface area contributed by atoms with Gasteiger partial charge >= 0.3 is 5.97 Å². The highest BCUT2D eigenvalue weighted by atomic mass is 35.5. The maximum Gasteiger partial charge on any atom is 0.314 e. The number of benzene rings is 2. The molecule has 27 heavy (non-hydrogen) atoms. The summed E-state index contributed by atoms with van der Waals surface area (Å²) in [7, 11) is 0. The second kappa shape index (κ2) is 7.20. The molecule has 1 N–H and O–H groups in total. The molecule has 0 bridgehead atoms. The normalized spacial score (nSPS) is 18.4. The van der Waals surface area contributed by atoms with Crippen molar-refractivity contribution >= 4 is 17.6 Å². The zero-order valence-electron chi connectivity index (χ0n) is 15.6. The Hall–Kier alpha value is -2.00. The van der Waals surface area contributed by atoms with E-state index in [-0.39, 0.29) is 0 Å². The highest BCUT2D eigenvalue weighted by Crippen LogP contribution is 2.46. The summed E-state index contributed by atoms with van der Waals surface area (Å²) in [5.41, 5.74) is 3.00. The zero-order chi connectivity index (χ0) is 19.0. The van der Waals surface area contributed by atoms with Crippen molar-refractivity contribution < 1.29 is 14.6 Å². The van der Waals surface area contributed by atoms with Crippen LogP contribution in [0.25, 0.3) is 11.1 Å². The Bertz CT molecular complexity index is 847. The van der Waals surface area contributed by atoms with Crippen LogP contribution in [0, 0.1) is 12.8 Å². The highest BCUT2D eigenvalue weighted by molar-refractivity contribution is 6.34. The summed E-state index contributed by atoms with van der Waals surface area (Å²) in [6.07, 6.45) is 5.60. The zero-order valence-corrected chi connectivity index (χ0v) is 16.4. The molecule has 4 heteroatoms. The molecular formula is C23H25ClO3. The van der Waals surface area contributed by atoms with Crippen LogP contribution in [0.1, 0.15) is 49.7 Å². The summed E-state index contributed by atoms with van der Waals surface area (Å²) < 4.78 is 6.05. The van der Waals surface area contributed by atoms with Gasteiger partial charge in [-0.05, 0) is 61.8 Å². The third-order valence-corrected chi connectivity index (χ3v) is 6.38. The van der Waals surface area contributed by atoms with Crippen molar-refractivity contribution in [2.45, 2.75) is 50.9 Å². The van der Waals surface area contributed by atoms with E-state index in [2.05, 4.69) is 0 Å². The van der Waals surface area contributed by atoms with Gasteiger partial charge in [0.05, 0.1) is 17.0 Å². The van der Waals surface area contributed by atoms with Gasteiger partial charge in [0, 0.05) is 5.56 Å². The molecule has 4 rings (SSSR count). The van der Waals surface area contributed by atoms with Gasteiger partial charge in [-0.25, -0.2) is 0 Å². The second-order valence-electron chi connectivity index (χ2n) is 8.05. The molecule has 142 valence electrons. The Balaban J connectivity index is 1.82. The molecule has 2 aliphatic carbocycles. The number of carbonyl (C=O) groups is 1. The van der Waals surface area contributed by atoms with Crippen LogP contribution >= 0.6 is 11.6 Å². The average molecular weight is 385 g/mol. The minimum atomic E-state index is -0.832. The van der Waals surface area contributed by atoms with E-state index in [1.54, 1.807) is 0 Å². The first kappa shape index (κ1) is 18.4. The van der Waals surface area contributed by atoms with Gasteiger partial charge in [0.1, 0.15) is 5.75 Å². The third-order valence-electron chi connectivity index (χ3n) is 5.99. The molecule has 0 saturated heterocycles. The predicted molar refractivity (Wildman–Crippen MR) is 108 cm³/mol. The molecule has 2 aromatic carbocycles. The molecule has 0 radical (unpaired) electrons. The van der Waals surface area contributed by atoms with Crippen molar-refractivity contribution in [1.29, 1.82) is 0 Å². The Morgan fingerprint density at radius 1 is 1.19 bits per heavy atom. The number of hydrogen-bond donors (Lipinski definition) is 1. The largest absolute Gasteiger partial charge is 0.492 e. The summed E-state index contributed by atoms with van der Waals surface area (Å²) in [6.45, 7) is 2.69. The maximum atomic E-state index is 12.2. The highest BCUT2D eigenvalue weighted by Gasteiger charge is 2.43. The number of hydrogen-bond acceptors (Lipinski definition) is 2. The first-order valence-corrected chi connectivity index (χ1v) is 10.1. The van der Waals surface area contributed by atoms with Crippen molar-refractivity contribution in [3.8, 4) is 16.9 Å². The number of carboxylic acid groups (broad SMARTS) is 1. The van der Waals surface area contributed by atoms with Gasteiger partial charge in [-0.2, -0.15) is 0 Å². The Kier molecular flexibility index (Phi) is 4.90. The Morgan fingerprint density at radius 2 is 1.85 bits per heavy atom. The van der Waals surface area contributed by atoms with E-state index < -0.39 is 11.4 Å². The maximum absolute atomic E-state index is 12.2. The van der Waals surface area contributed by atoms with Crippen LogP contribution in [0.2, 0.25) is 5.02 Å². The number of halogens is 1. The molecule has 0 aromatic heterocycles. The van der Waals surface area contributed by atoms with E-state index in [0.29, 0.717) is 36.1 Å². The molecule has 0 heterocycles. The van der Waals surface area contributed by atoms with Gasteiger partial charge in [0.15, 0.2) is 0 Å². The van der Waals surface area contributed by atoms with Crippen LogP contribution in [-0.4, -0.2) is 17.7 Å². The smallest absolute Gasteiger partial charge is 0.314 e. The minimum Gasteiger partial charge on any atom is -0.492 e. The number of aryl methyl sites for hydroxylation is 1. The molecule has 0 atom stereocenters. The second-order valence-corrected chi connectivity index (χ2v) is 8.43. The third kappa shape index (κ3) is 3.58. The van der Waals surface area contributed by atoms with Crippen LogP contribution in [0.15, 0.2) is 36.4 Å². The molecule has 0 aliphatic heterocycles. The molecule has 2 fully saturated rings. The lowest BCUT2D eigenvalue weighted by molar-refractivity contribution is -0.143. The first-order valence-electron chi connectivity index (χ1n) is 9.77. The van der Waals surface area contributed by atoms with Gasteiger partial charge in [0.2, 0.25) is 0 Å². The van der Waals surface area contributed by atoms with Gasteiger partial charge < -0.3 is 9.84 Å². The summed E-state index contributed by atoms with van der Waals surface area (Å²) in [5, 5.41) is 10.6. The predicted octanol–water partition coefficient (Wildman–Crippen LogP) is 6.00. The monoisotopic (exact) mass is 384 g/mol. The fourth-order valence-corrected chi connectivity index (χ4v) is 4.29. The lowest BCUT2D eigenvalue weighted by atomic mass is 9.78. The van der Waals surface area contributed by atoms with Crippen LogP contribution in [0.5, 0.6) is 5.75 Å². The molecule has 0 unspecified atom stereocenters. The Morgan fingerprint density at radius 3 is 2.44 bits per heavy atom. The quantitative estimate of drug-likeness (QED) is 0.664. The van der Waals surface area contributed by atoms with Crippen molar-refractivity contribution in [2.75, 3.05) is 6.61 Å². The van der Waals surface area contributed by atoms with E-state index in [0.717, 1.165) is 29.5 Å². The van der Waals surface area contributed by atoms with Gasteiger partial charge in [0.25, 0.3) is 0 Å². The number of ether oxygens (including phenoxy) is 1. The van der Waals surface area contributed by atoms with E-state index in [1.807, 2.05) is 43.3 Å². The molecule has 3 nitrogen and oxygen atoms in total. The number of carboxylic acids is 1. The summed E-state index contributed by atoms with van der Waals surface area (Å²) >= 11 is 6.72. The standard InChI is InChI=1S/C23H25ClO3/c1-15-4-8-17(9-5-15)19-12-18(23(22(25)26)10-2-3-11-23)13-20(21(19)24)27-14-16-6-7-16/h4-5,8-9,12-13,16H,2-3,6-7,10-11,14H2,1H3,(H,25,26). The van der Waals surface area contributed by atoms with Crippen LogP contribution in [-0.2, 0) is 10.2 Å². The van der Waals surface area contributed by atoms with E-state index in [1.165, 1.54) is 18.4 Å². The number of aliphatic carboxylic acids is 1. The van der Waals surface area contributed by atoms with Crippen molar-refractivity contribution in [1.82, 2.24) is 0 Å². The number of rotatable bonds is 6. The van der Waals surface area contributed by atoms with E-state index >= 15 is 0 Å². The molecule has 0 spiro atoms. The van der Waals surface area contributed by atoms with Crippen LogP contribution in [0.3, 0.4) is 0 Å². The molecule has 2 aliphatic rings. The fraction of sp³-hybridized carbons (Fsp3) is 0.435. The SMILES string of the molecule is Cc1ccc(-c2cc(C3(C(=O)O)CCCC3)cc(OCC3CC3)c2Cl)cc1. The molecule has 2 saturated carbocycles. The van der Waals surface area contributed by atoms with Gasteiger partial charge in [-0.3, -0.25) is 4.79 Å². The molecule has 2 aromatic rings. The average Bonchev–Trinajstić information content (AvgIpc) is 3.35. The van der Waals surface area contributed by atoms with Gasteiger partial charge in [-0.15, -0.1) is 0 Å². The summed E-state index contributed by atoms with van der Waals surface area (Å²) in [6, 6.07) is 12.0. The van der Waals surface area contributed by atoms with Crippen molar-refractivity contribution in [3.05, 3.63) is 52.5 Å². The van der Waals surface area contributed by atoms with Crippen LogP contribution in [0.4, 0.5) is 0 Å². The van der Waals surface area contributed by atoms with E-state index in [4.69, 9.17) is 16.3 Å². The van der Waals surface area contributed by atoms with Crippen LogP contribution < -0.4 is 4.74 Å². The lowest BCUT2D eigenvalue weighted by Crippen LogP contribution is -2.32.